The fraction of sp³-hybridized carbons (Fsp3) is 0.208. The zero-order valence-electron chi connectivity index (χ0n) is 16.9. The largest absolute Gasteiger partial charge is 0.493 e. The van der Waals surface area contributed by atoms with Gasteiger partial charge in [0.05, 0.1) is 19.6 Å². The molecule has 154 valence electrons. The summed E-state index contributed by atoms with van der Waals surface area (Å²) in [6.07, 6.45) is 0. The van der Waals surface area contributed by atoms with Gasteiger partial charge in [-0.2, -0.15) is 0 Å². The predicted octanol–water partition coefficient (Wildman–Crippen LogP) is 4.60. The Morgan fingerprint density at radius 2 is 1.57 bits per heavy atom. The van der Waals surface area contributed by atoms with Crippen molar-refractivity contribution in [3.63, 3.8) is 0 Å². The van der Waals surface area contributed by atoms with Gasteiger partial charge < -0.3 is 24.3 Å². The summed E-state index contributed by atoms with van der Waals surface area (Å²) in [5.74, 6) is 1.88. The molecule has 1 aliphatic heterocycles. The van der Waals surface area contributed by atoms with Crippen molar-refractivity contribution in [3.8, 4) is 23.0 Å². The van der Waals surface area contributed by atoms with E-state index in [-0.39, 0.29) is 5.91 Å². The molecule has 0 fully saturated rings. The summed E-state index contributed by atoms with van der Waals surface area (Å²) in [6.45, 7) is 0.834. The number of carbonyl (C=O) groups is 1. The van der Waals surface area contributed by atoms with Crippen molar-refractivity contribution >= 4 is 11.6 Å². The molecule has 0 atom stereocenters. The van der Waals surface area contributed by atoms with Gasteiger partial charge in [-0.25, -0.2) is 0 Å². The molecular weight excluding hydrogens is 382 g/mol. The topological polar surface area (TPSA) is 66.0 Å². The molecule has 4 rings (SSSR count). The van der Waals surface area contributed by atoms with Gasteiger partial charge in [-0.05, 0) is 24.3 Å². The van der Waals surface area contributed by atoms with E-state index in [2.05, 4.69) is 5.32 Å². The van der Waals surface area contributed by atoms with Crippen LogP contribution in [0.4, 0.5) is 5.69 Å². The Morgan fingerprint density at radius 3 is 2.20 bits per heavy atom. The zero-order chi connectivity index (χ0) is 20.9. The molecule has 0 spiro atoms. The number of fused-ring (bicyclic) bond motifs is 2. The zero-order valence-corrected chi connectivity index (χ0v) is 16.9. The van der Waals surface area contributed by atoms with E-state index >= 15 is 0 Å². The van der Waals surface area contributed by atoms with Crippen LogP contribution in [0.3, 0.4) is 0 Å². The van der Waals surface area contributed by atoms with Gasteiger partial charge in [-0.3, -0.25) is 4.79 Å². The molecule has 0 bridgehead atoms. The quantitative estimate of drug-likeness (QED) is 0.582. The van der Waals surface area contributed by atoms with Gasteiger partial charge in [0.1, 0.15) is 18.1 Å². The van der Waals surface area contributed by atoms with Crippen LogP contribution in [0.25, 0.3) is 0 Å². The van der Waals surface area contributed by atoms with Crippen LogP contribution < -0.4 is 19.5 Å². The number of nitrogens with one attached hydrogen (secondary N) is 1. The Hall–Kier alpha value is -3.51. The molecule has 1 amide bonds. The normalized spacial score (nSPS) is 12.3. The molecule has 0 saturated heterocycles. The molecule has 1 aliphatic rings. The molecule has 0 aromatic heterocycles. The molecule has 0 unspecified atom stereocenters. The van der Waals surface area contributed by atoms with Crippen molar-refractivity contribution in [1.29, 1.82) is 0 Å². The van der Waals surface area contributed by atoms with Crippen LogP contribution in [0.15, 0.2) is 66.7 Å². The van der Waals surface area contributed by atoms with Crippen molar-refractivity contribution in [1.82, 2.24) is 0 Å². The van der Waals surface area contributed by atoms with E-state index in [9.17, 15) is 4.79 Å². The molecule has 0 aliphatic carbocycles. The van der Waals surface area contributed by atoms with Crippen LogP contribution in [0.5, 0.6) is 23.0 Å². The summed E-state index contributed by atoms with van der Waals surface area (Å²) in [4.78, 5) is 13.4. The van der Waals surface area contributed by atoms with Gasteiger partial charge in [0.25, 0.3) is 0 Å². The third kappa shape index (κ3) is 3.95. The maximum atomic E-state index is 13.4. The van der Waals surface area contributed by atoms with Crippen LogP contribution in [0.2, 0.25) is 0 Å². The third-order valence-electron chi connectivity index (χ3n) is 4.92. The second-order valence-corrected chi connectivity index (χ2v) is 6.81. The number of amides is 1. The van der Waals surface area contributed by atoms with E-state index in [1.807, 2.05) is 48.5 Å². The molecule has 0 radical (unpaired) electrons. The fourth-order valence-electron chi connectivity index (χ4n) is 3.51. The van der Waals surface area contributed by atoms with Gasteiger partial charge in [0.2, 0.25) is 5.91 Å². The summed E-state index contributed by atoms with van der Waals surface area (Å²) in [5.41, 5.74) is 2.28. The lowest BCUT2D eigenvalue weighted by atomic mass is 9.87. The van der Waals surface area contributed by atoms with Crippen molar-refractivity contribution in [2.24, 2.45) is 0 Å². The molecule has 3 aromatic carbocycles. The van der Waals surface area contributed by atoms with Crippen LogP contribution in [-0.4, -0.2) is 33.3 Å². The fourth-order valence-corrected chi connectivity index (χ4v) is 3.51. The molecular formula is C24H23NO5. The van der Waals surface area contributed by atoms with Gasteiger partial charge in [-0.15, -0.1) is 0 Å². The van der Waals surface area contributed by atoms with Gasteiger partial charge in [-0.1, -0.05) is 36.4 Å². The Labute approximate surface area is 175 Å². The molecule has 0 saturated carbocycles. The maximum absolute atomic E-state index is 13.4. The minimum Gasteiger partial charge on any atom is -0.493 e. The molecule has 1 N–H and O–H groups in total. The lowest BCUT2D eigenvalue weighted by Gasteiger charge is -2.27. The van der Waals surface area contributed by atoms with E-state index in [4.69, 9.17) is 18.9 Å². The highest BCUT2D eigenvalue weighted by Crippen LogP contribution is 2.44. The van der Waals surface area contributed by atoms with E-state index in [0.29, 0.717) is 41.9 Å². The first kappa shape index (κ1) is 19.8. The summed E-state index contributed by atoms with van der Waals surface area (Å²) in [7, 11) is 3.19. The maximum Gasteiger partial charge on any atom is 0.236 e. The summed E-state index contributed by atoms with van der Waals surface area (Å²) >= 11 is 0. The van der Waals surface area contributed by atoms with Gasteiger partial charge in [0.15, 0.2) is 11.5 Å². The summed E-state index contributed by atoms with van der Waals surface area (Å²) in [6, 6.07) is 20.5. The second-order valence-electron chi connectivity index (χ2n) is 6.81. The first-order valence-electron chi connectivity index (χ1n) is 9.67. The predicted molar refractivity (Wildman–Crippen MR) is 114 cm³/mol. The average Bonchev–Trinajstić information content (AvgIpc) is 2.77. The number of carbonyl (C=O) groups excluding carboxylic acids is 1. The highest BCUT2D eigenvalue weighted by molar-refractivity contribution is 5.99. The molecule has 6 nitrogen and oxygen atoms in total. The second kappa shape index (κ2) is 8.88. The summed E-state index contributed by atoms with van der Waals surface area (Å²) < 4.78 is 22.1. The number of hydrogen-bond acceptors (Lipinski definition) is 5. The number of para-hydroxylation sites is 2. The highest BCUT2D eigenvalue weighted by Gasteiger charge is 2.32. The van der Waals surface area contributed by atoms with Crippen LogP contribution in [0.1, 0.15) is 17.0 Å². The SMILES string of the molecule is COCCOc1cc(NC(=O)C2c3ccccc3Oc3ccccc32)ccc1OC. The van der Waals surface area contributed by atoms with Gasteiger partial charge in [0, 0.05) is 30.0 Å². The first-order chi connectivity index (χ1) is 14.7. The van der Waals surface area contributed by atoms with E-state index < -0.39 is 5.92 Å². The Morgan fingerprint density at radius 1 is 0.900 bits per heavy atom. The van der Waals surface area contributed by atoms with Crippen molar-refractivity contribution in [2.45, 2.75) is 5.92 Å². The smallest absolute Gasteiger partial charge is 0.236 e. The lowest BCUT2D eigenvalue weighted by Crippen LogP contribution is -2.25. The Kier molecular flexibility index (Phi) is 5.86. The van der Waals surface area contributed by atoms with E-state index in [0.717, 1.165) is 11.1 Å². The third-order valence-corrected chi connectivity index (χ3v) is 4.92. The van der Waals surface area contributed by atoms with Crippen molar-refractivity contribution in [3.05, 3.63) is 77.9 Å². The number of rotatable bonds is 7. The number of anilines is 1. The number of hydrogen-bond donors (Lipinski definition) is 1. The highest BCUT2D eigenvalue weighted by atomic mass is 16.5. The minimum atomic E-state index is -0.480. The van der Waals surface area contributed by atoms with Crippen LogP contribution in [-0.2, 0) is 9.53 Å². The monoisotopic (exact) mass is 405 g/mol. The molecule has 6 heteroatoms. The van der Waals surface area contributed by atoms with E-state index in [1.54, 1.807) is 32.4 Å². The Bertz CT molecular complexity index is 1000. The first-order valence-corrected chi connectivity index (χ1v) is 9.67. The lowest BCUT2D eigenvalue weighted by molar-refractivity contribution is -0.116. The molecule has 30 heavy (non-hydrogen) atoms. The van der Waals surface area contributed by atoms with Crippen LogP contribution >= 0.6 is 0 Å². The molecule has 1 heterocycles. The van der Waals surface area contributed by atoms with Crippen molar-refractivity contribution in [2.75, 3.05) is 32.8 Å². The minimum absolute atomic E-state index is 0.147. The van der Waals surface area contributed by atoms with Gasteiger partial charge >= 0.3 is 0 Å². The average molecular weight is 405 g/mol. The van der Waals surface area contributed by atoms with Crippen molar-refractivity contribution < 1.29 is 23.7 Å². The molecule has 3 aromatic rings. The Balaban J connectivity index is 1.62. The number of methoxy groups -OCH3 is 2. The summed E-state index contributed by atoms with van der Waals surface area (Å²) in [5, 5.41) is 3.01. The standard InChI is InChI=1S/C24H23NO5/c1-27-13-14-29-22-15-16(11-12-21(22)28-2)25-24(26)23-17-7-3-5-9-19(17)30-20-10-6-4-8-18(20)23/h3-12,15,23H,13-14H2,1-2H3,(H,25,26). The van der Waals surface area contributed by atoms with E-state index in [1.165, 1.54) is 0 Å². The number of benzene rings is 3. The number of ether oxygens (including phenoxy) is 4. The van der Waals surface area contributed by atoms with Crippen LogP contribution in [0, 0.1) is 0 Å².